The molecule has 0 unspecified atom stereocenters. The van der Waals surface area contributed by atoms with Gasteiger partial charge in [0.15, 0.2) is 0 Å². The first-order chi connectivity index (χ1) is 14.1. The molecule has 5 rings (SSSR count). The van der Waals surface area contributed by atoms with Crippen molar-refractivity contribution in [3.8, 4) is 0 Å². The molecule has 4 nitrogen and oxygen atoms in total. The third kappa shape index (κ3) is 3.67. The number of fused-ring (bicyclic) bond motifs is 1. The van der Waals surface area contributed by atoms with Crippen LogP contribution < -0.4 is 0 Å². The Bertz CT molecular complexity index is 826. The van der Waals surface area contributed by atoms with Crippen LogP contribution in [-0.2, 0) is 13.1 Å². The molecule has 0 amide bonds. The minimum absolute atomic E-state index is 0.474. The fourth-order valence-electron chi connectivity index (χ4n) is 6.51. The molecule has 4 heteroatoms. The van der Waals surface area contributed by atoms with Crippen LogP contribution in [0, 0.1) is 17.8 Å². The fraction of sp³-hybridized carbons (Fsp3) is 0.600. The summed E-state index contributed by atoms with van der Waals surface area (Å²) in [5.41, 5.74) is 2.42. The first kappa shape index (κ1) is 19.3. The van der Waals surface area contributed by atoms with Gasteiger partial charge in [-0.05, 0) is 69.4 Å². The molecule has 1 atom stereocenters. The van der Waals surface area contributed by atoms with Gasteiger partial charge in [-0.25, -0.2) is 0 Å². The van der Waals surface area contributed by atoms with Crippen LogP contribution in [0.3, 0.4) is 0 Å². The van der Waals surface area contributed by atoms with Crippen LogP contribution in [0.15, 0.2) is 46.9 Å². The number of rotatable bonds is 4. The molecule has 0 N–H and O–H groups in total. The van der Waals surface area contributed by atoms with E-state index in [0.717, 1.165) is 24.6 Å². The van der Waals surface area contributed by atoms with Gasteiger partial charge in [0.05, 0.1) is 6.54 Å². The Kier molecular flexibility index (Phi) is 5.05. The summed E-state index contributed by atoms with van der Waals surface area (Å²) in [6.07, 6.45) is 4.01. The third-order valence-electron chi connectivity index (χ3n) is 7.78. The van der Waals surface area contributed by atoms with Crippen molar-refractivity contribution >= 4 is 0 Å². The van der Waals surface area contributed by atoms with Crippen LogP contribution in [0.25, 0.3) is 0 Å². The molecule has 3 aliphatic rings. The fourth-order valence-corrected chi connectivity index (χ4v) is 6.51. The summed E-state index contributed by atoms with van der Waals surface area (Å²) in [5.74, 6) is 2.14. The van der Waals surface area contributed by atoms with E-state index in [1.807, 2.05) is 6.92 Å². The Morgan fingerprint density at radius 3 is 2.34 bits per heavy atom. The van der Waals surface area contributed by atoms with Crippen molar-refractivity contribution in [3.63, 3.8) is 0 Å². The summed E-state index contributed by atoms with van der Waals surface area (Å²) in [4.78, 5) is 7.92. The predicted octanol–water partition coefficient (Wildman–Crippen LogP) is 4.01. The van der Waals surface area contributed by atoms with Crippen molar-refractivity contribution < 1.29 is 4.42 Å². The summed E-state index contributed by atoms with van der Waals surface area (Å²) in [6, 6.07) is 15.3. The van der Waals surface area contributed by atoms with Crippen LogP contribution in [0.5, 0.6) is 0 Å². The van der Waals surface area contributed by atoms with E-state index >= 15 is 0 Å². The molecule has 1 aromatic heterocycles. The smallest absolute Gasteiger partial charge is 0.118 e. The van der Waals surface area contributed by atoms with Gasteiger partial charge in [0.25, 0.3) is 0 Å². The van der Waals surface area contributed by atoms with Crippen molar-refractivity contribution in [1.82, 2.24) is 14.7 Å². The second kappa shape index (κ2) is 7.57. The maximum Gasteiger partial charge on any atom is 0.118 e. The first-order valence-corrected chi connectivity index (χ1v) is 11.3. The number of aryl methyl sites for hydroxylation is 1. The zero-order valence-corrected chi connectivity index (χ0v) is 18.1. The van der Waals surface area contributed by atoms with E-state index < -0.39 is 0 Å². The first-order valence-electron chi connectivity index (χ1n) is 11.3. The molecule has 4 heterocycles. The van der Waals surface area contributed by atoms with Gasteiger partial charge < -0.3 is 9.32 Å². The Balaban J connectivity index is 1.30. The standard InChI is InChI=1S/C25H35N3O/c1-21-9-10-23(29-21)16-27-13-6-11-24(12-14-27)19-28(15-22-7-4-3-5-8-22)20-25(24)17-26(2)18-25/h3-5,7-10H,6,11-20H2,1-2H3/t24-/m1/s1. The monoisotopic (exact) mass is 393 g/mol. The van der Waals surface area contributed by atoms with E-state index in [1.165, 1.54) is 64.1 Å². The Morgan fingerprint density at radius 2 is 1.62 bits per heavy atom. The van der Waals surface area contributed by atoms with Crippen LogP contribution in [-0.4, -0.2) is 61.0 Å². The molecule has 1 aromatic carbocycles. The van der Waals surface area contributed by atoms with Gasteiger partial charge >= 0.3 is 0 Å². The topological polar surface area (TPSA) is 22.9 Å². The molecule has 0 saturated carbocycles. The third-order valence-corrected chi connectivity index (χ3v) is 7.78. The molecule has 3 aliphatic heterocycles. The van der Waals surface area contributed by atoms with Gasteiger partial charge in [-0.3, -0.25) is 9.80 Å². The molecule has 2 spiro atoms. The number of likely N-dealkylation sites (tertiary alicyclic amines) is 3. The van der Waals surface area contributed by atoms with Crippen molar-refractivity contribution in [2.75, 3.05) is 46.3 Å². The number of benzene rings is 1. The van der Waals surface area contributed by atoms with Gasteiger partial charge in [-0.15, -0.1) is 0 Å². The largest absolute Gasteiger partial charge is 0.465 e. The molecule has 29 heavy (non-hydrogen) atoms. The Morgan fingerprint density at radius 1 is 0.828 bits per heavy atom. The minimum Gasteiger partial charge on any atom is -0.465 e. The molecule has 2 aromatic rings. The lowest BCUT2D eigenvalue weighted by Gasteiger charge is -2.56. The highest BCUT2D eigenvalue weighted by atomic mass is 16.3. The summed E-state index contributed by atoms with van der Waals surface area (Å²) < 4.78 is 5.86. The normalized spacial score (nSPS) is 28.1. The van der Waals surface area contributed by atoms with Gasteiger partial charge in [0, 0.05) is 38.1 Å². The van der Waals surface area contributed by atoms with Gasteiger partial charge in [-0.1, -0.05) is 30.3 Å². The zero-order valence-electron chi connectivity index (χ0n) is 18.1. The zero-order chi connectivity index (χ0) is 19.9. The lowest BCUT2D eigenvalue weighted by atomic mass is 9.58. The van der Waals surface area contributed by atoms with E-state index in [1.54, 1.807) is 0 Å². The van der Waals surface area contributed by atoms with Crippen LogP contribution >= 0.6 is 0 Å². The predicted molar refractivity (Wildman–Crippen MR) is 117 cm³/mol. The van der Waals surface area contributed by atoms with E-state index in [2.05, 4.69) is 64.2 Å². The van der Waals surface area contributed by atoms with Crippen molar-refractivity contribution in [3.05, 3.63) is 59.5 Å². The van der Waals surface area contributed by atoms with Gasteiger partial charge in [-0.2, -0.15) is 0 Å². The average Bonchev–Trinajstić information content (AvgIpc) is 3.14. The van der Waals surface area contributed by atoms with Crippen LogP contribution in [0.4, 0.5) is 0 Å². The molecular formula is C25H35N3O. The van der Waals surface area contributed by atoms with Crippen molar-refractivity contribution in [1.29, 1.82) is 0 Å². The molecule has 3 saturated heterocycles. The average molecular weight is 394 g/mol. The number of hydrogen-bond acceptors (Lipinski definition) is 4. The number of furan rings is 1. The van der Waals surface area contributed by atoms with Gasteiger partial charge in [0.2, 0.25) is 0 Å². The molecule has 0 aliphatic carbocycles. The highest BCUT2D eigenvalue weighted by molar-refractivity contribution is 5.18. The quantitative estimate of drug-likeness (QED) is 0.783. The summed E-state index contributed by atoms with van der Waals surface area (Å²) in [5, 5.41) is 0. The maximum atomic E-state index is 5.86. The second-order valence-corrected chi connectivity index (χ2v) is 10.0. The van der Waals surface area contributed by atoms with E-state index in [9.17, 15) is 0 Å². The molecular weight excluding hydrogens is 358 g/mol. The highest BCUT2D eigenvalue weighted by Crippen LogP contribution is 2.57. The SMILES string of the molecule is Cc1ccc(CN2CCC[C@@]3(CC2)CN(Cc2ccccc2)CC32CN(C)C2)o1. The lowest BCUT2D eigenvalue weighted by molar-refractivity contribution is -0.0637. The van der Waals surface area contributed by atoms with E-state index in [0.29, 0.717) is 10.8 Å². The molecule has 0 bridgehead atoms. The number of hydrogen-bond donors (Lipinski definition) is 0. The van der Waals surface area contributed by atoms with Crippen molar-refractivity contribution in [2.45, 2.75) is 39.3 Å². The van der Waals surface area contributed by atoms with Crippen LogP contribution in [0.1, 0.15) is 36.3 Å². The highest BCUT2D eigenvalue weighted by Gasteiger charge is 2.61. The molecule has 156 valence electrons. The molecule has 0 radical (unpaired) electrons. The van der Waals surface area contributed by atoms with E-state index in [-0.39, 0.29) is 0 Å². The Labute approximate surface area is 175 Å². The van der Waals surface area contributed by atoms with E-state index in [4.69, 9.17) is 4.42 Å². The summed E-state index contributed by atoms with van der Waals surface area (Å²) >= 11 is 0. The second-order valence-electron chi connectivity index (χ2n) is 10.0. The Hall–Kier alpha value is -1.62. The summed E-state index contributed by atoms with van der Waals surface area (Å²) in [7, 11) is 2.29. The number of nitrogens with zero attached hydrogens (tertiary/aromatic N) is 3. The van der Waals surface area contributed by atoms with Crippen LogP contribution in [0.2, 0.25) is 0 Å². The minimum atomic E-state index is 0.474. The van der Waals surface area contributed by atoms with Crippen molar-refractivity contribution in [2.24, 2.45) is 10.8 Å². The maximum absolute atomic E-state index is 5.86. The lowest BCUT2D eigenvalue weighted by Crippen LogP contribution is -2.63. The summed E-state index contributed by atoms with van der Waals surface area (Å²) in [6.45, 7) is 11.6. The molecule has 3 fully saturated rings. The van der Waals surface area contributed by atoms with Gasteiger partial charge in [0.1, 0.15) is 11.5 Å².